The van der Waals surface area contributed by atoms with Crippen LogP contribution in [0.5, 0.6) is 5.75 Å². The molecule has 0 spiro atoms. The molecule has 2 rings (SSSR count). The molecule has 1 aliphatic heterocycles. The largest absolute Gasteiger partial charge is 0.493 e. The quantitative estimate of drug-likeness (QED) is 0.733. The second-order valence-corrected chi connectivity index (χ2v) is 3.92. The normalized spacial score (nSPS) is 15.1. The fraction of sp³-hybridized carbons (Fsp3) is 0.462. The topological polar surface area (TPSA) is 35.5 Å². The number of hydrogen-bond donors (Lipinski definition) is 0. The first-order valence-corrected chi connectivity index (χ1v) is 5.60. The van der Waals surface area contributed by atoms with Gasteiger partial charge in [0, 0.05) is 12.0 Å². The molecule has 3 heteroatoms. The number of benzene rings is 1. The van der Waals surface area contributed by atoms with Crippen molar-refractivity contribution in [3.05, 3.63) is 29.3 Å². The van der Waals surface area contributed by atoms with Gasteiger partial charge in [-0.3, -0.25) is 4.79 Å². The molecule has 1 atom stereocenters. The molecule has 0 aromatic heterocycles. The van der Waals surface area contributed by atoms with Crippen molar-refractivity contribution in [3.63, 3.8) is 0 Å². The van der Waals surface area contributed by atoms with Crippen LogP contribution in [0, 0.1) is 0 Å². The number of fused-ring (bicyclic) bond motifs is 1. The molecular formula is C13H16O3. The minimum absolute atomic E-state index is 0.189. The Hall–Kier alpha value is -1.51. The molecule has 0 amide bonds. The van der Waals surface area contributed by atoms with Gasteiger partial charge in [0.25, 0.3) is 0 Å². The number of rotatable bonds is 3. The number of esters is 1. The molecule has 1 aromatic carbocycles. The van der Waals surface area contributed by atoms with Crippen LogP contribution >= 0.6 is 0 Å². The van der Waals surface area contributed by atoms with E-state index in [4.69, 9.17) is 9.47 Å². The monoisotopic (exact) mass is 220 g/mol. The van der Waals surface area contributed by atoms with E-state index in [1.165, 1.54) is 12.7 Å². The lowest BCUT2D eigenvalue weighted by Gasteiger charge is -2.15. The van der Waals surface area contributed by atoms with Crippen molar-refractivity contribution in [2.75, 3.05) is 13.7 Å². The third-order valence-electron chi connectivity index (χ3n) is 3.01. The highest BCUT2D eigenvalue weighted by Gasteiger charge is 2.26. The minimum atomic E-state index is -0.210. The Morgan fingerprint density at radius 2 is 2.38 bits per heavy atom. The zero-order valence-corrected chi connectivity index (χ0v) is 9.66. The lowest BCUT2D eigenvalue weighted by Crippen LogP contribution is -2.14. The van der Waals surface area contributed by atoms with Gasteiger partial charge < -0.3 is 9.47 Å². The summed E-state index contributed by atoms with van der Waals surface area (Å²) >= 11 is 0. The van der Waals surface area contributed by atoms with Crippen LogP contribution in [0.2, 0.25) is 0 Å². The van der Waals surface area contributed by atoms with E-state index in [1.54, 1.807) is 0 Å². The van der Waals surface area contributed by atoms with E-state index < -0.39 is 0 Å². The Balaban J connectivity index is 2.39. The van der Waals surface area contributed by atoms with Crippen molar-refractivity contribution in [2.24, 2.45) is 0 Å². The van der Waals surface area contributed by atoms with Crippen LogP contribution in [0.1, 0.15) is 30.4 Å². The summed E-state index contributed by atoms with van der Waals surface area (Å²) in [6.45, 7) is 2.69. The van der Waals surface area contributed by atoms with E-state index >= 15 is 0 Å². The van der Waals surface area contributed by atoms with Gasteiger partial charge in [0.1, 0.15) is 5.75 Å². The van der Waals surface area contributed by atoms with Crippen molar-refractivity contribution in [3.8, 4) is 5.75 Å². The van der Waals surface area contributed by atoms with Crippen LogP contribution in [0.25, 0.3) is 0 Å². The molecule has 0 N–H and O–H groups in total. The molecule has 1 aliphatic rings. The molecule has 0 saturated carbocycles. The van der Waals surface area contributed by atoms with Gasteiger partial charge in [-0.05, 0) is 12.0 Å². The highest BCUT2D eigenvalue weighted by atomic mass is 16.5. The number of ether oxygens (including phenoxy) is 2. The Labute approximate surface area is 95.4 Å². The molecule has 0 saturated heterocycles. The number of methoxy groups -OCH3 is 1. The van der Waals surface area contributed by atoms with Crippen molar-refractivity contribution in [2.45, 2.75) is 25.7 Å². The maximum Gasteiger partial charge on any atom is 0.313 e. The second-order valence-electron chi connectivity index (χ2n) is 3.92. The van der Waals surface area contributed by atoms with Gasteiger partial charge in [-0.1, -0.05) is 25.1 Å². The minimum Gasteiger partial charge on any atom is -0.493 e. The molecule has 0 bridgehead atoms. The van der Waals surface area contributed by atoms with Crippen LogP contribution in [0.4, 0.5) is 0 Å². The number of hydrogen-bond acceptors (Lipinski definition) is 3. The van der Waals surface area contributed by atoms with Crippen molar-refractivity contribution >= 4 is 5.97 Å². The van der Waals surface area contributed by atoms with Crippen molar-refractivity contribution in [1.82, 2.24) is 0 Å². The number of carbonyl (C=O) groups excluding carboxylic acids is 1. The molecule has 0 radical (unpaired) electrons. The van der Waals surface area contributed by atoms with Crippen LogP contribution in [-0.4, -0.2) is 19.7 Å². The molecule has 16 heavy (non-hydrogen) atoms. The van der Waals surface area contributed by atoms with E-state index in [1.807, 2.05) is 19.1 Å². The van der Waals surface area contributed by atoms with Gasteiger partial charge in [0.15, 0.2) is 0 Å². The summed E-state index contributed by atoms with van der Waals surface area (Å²) in [6, 6.07) is 5.99. The highest BCUT2D eigenvalue weighted by Crippen LogP contribution is 2.36. The molecule has 86 valence electrons. The molecule has 1 heterocycles. The number of carbonyl (C=O) groups is 1. The summed E-state index contributed by atoms with van der Waals surface area (Å²) in [5.41, 5.74) is 2.16. The summed E-state index contributed by atoms with van der Waals surface area (Å²) in [7, 11) is 1.43. The fourth-order valence-corrected chi connectivity index (χ4v) is 2.17. The van der Waals surface area contributed by atoms with E-state index in [0.29, 0.717) is 6.61 Å². The van der Waals surface area contributed by atoms with E-state index in [2.05, 4.69) is 6.07 Å². The van der Waals surface area contributed by atoms with E-state index in [0.717, 1.165) is 24.2 Å². The van der Waals surface area contributed by atoms with Crippen molar-refractivity contribution in [1.29, 1.82) is 0 Å². The third kappa shape index (κ3) is 1.77. The SMILES string of the molecule is CCC(C(=O)OC)c1cccc2c1OCC2. The fourth-order valence-electron chi connectivity index (χ4n) is 2.17. The molecule has 1 unspecified atom stereocenters. The van der Waals surface area contributed by atoms with Gasteiger partial charge in [-0.25, -0.2) is 0 Å². The average Bonchev–Trinajstić information content (AvgIpc) is 2.78. The van der Waals surface area contributed by atoms with Crippen LogP contribution in [0.3, 0.4) is 0 Å². The summed E-state index contributed by atoms with van der Waals surface area (Å²) < 4.78 is 10.4. The molecule has 0 aliphatic carbocycles. The van der Waals surface area contributed by atoms with Crippen LogP contribution in [-0.2, 0) is 16.0 Å². The Bertz CT molecular complexity index is 398. The predicted molar refractivity (Wildman–Crippen MR) is 60.7 cm³/mol. The van der Waals surface area contributed by atoms with Gasteiger partial charge >= 0.3 is 5.97 Å². The van der Waals surface area contributed by atoms with Gasteiger partial charge in [0.05, 0.1) is 19.6 Å². The second kappa shape index (κ2) is 4.56. The first-order valence-electron chi connectivity index (χ1n) is 5.60. The molecule has 3 nitrogen and oxygen atoms in total. The lowest BCUT2D eigenvalue weighted by atomic mass is 9.94. The molecule has 1 aromatic rings. The molecule has 0 fully saturated rings. The van der Waals surface area contributed by atoms with E-state index in [9.17, 15) is 4.79 Å². The predicted octanol–water partition coefficient (Wildman–Crippen LogP) is 2.29. The standard InChI is InChI=1S/C13H16O3/c1-3-10(13(14)15-2)11-6-4-5-9-7-8-16-12(9)11/h4-6,10H,3,7-8H2,1-2H3. The zero-order chi connectivity index (χ0) is 11.5. The van der Waals surface area contributed by atoms with Gasteiger partial charge in [0.2, 0.25) is 0 Å². The highest BCUT2D eigenvalue weighted by molar-refractivity contribution is 5.79. The summed E-state index contributed by atoms with van der Waals surface area (Å²) in [4.78, 5) is 11.7. The lowest BCUT2D eigenvalue weighted by molar-refractivity contribution is -0.142. The van der Waals surface area contributed by atoms with Gasteiger partial charge in [-0.2, -0.15) is 0 Å². The average molecular weight is 220 g/mol. The first kappa shape index (κ1) is 11.0. The van der Waals surface area contributed by atoms with E-state index in [-0.39, 0.29) is 11.9 Å². The summed E-state index contributed by atoms with van der Waals surface area (Å²) in [5.74, 6) is 0.490. The maximum absolute atomic E-state index is 11.7. The first-order chi connectivity index (χ1) is 7.77. The van der Waals surface area contributed by atoms with Crippen molar-refractivity contribution < 1.29 is 14.3 Å². The Kier molecular flexibility index (Phi) is 3.13. The number of para-hydroxylation sites is 1. The zero-order valence-electron chi connectivity index (χ0n) is 9.66. The maximum atomic E-state index is 11.7. The molecular weight excluding hydrogens is 204 g/mol. The van der Waals surface area contributed by atoms with Gasteiger partial charge in [-0.15, -0.1) is 0 Å². The van der Waals surface area contributed by atoms with Crippen LogP contribution < -0.4 is 4.74 Å². The smallest absolute Gasteiger partial charge is 0.313 e. The van der Waals surface area contributed by atoms with Crippen LogP contribution in [0.15, 0.2) is 18.2 Å². The Morgan fingerprint density at radius 1 is 1.56 bits per heavy atom. The summed E-state index contributed by atoms with van der Waals surface area (Å²) in [6.07, 6.45) is 1.66. The summed E-state index contributed by atoms with van der Waals surface area (Å²) in [5, 5.41) is 0. The Morgan fingerprint density at radius 3 is 3.06 bits per heavy atom. The third-order valence-corrected chi connectivity index (χ3v) is 3.01.